The first-order valence-corrected chi connectivity index (χ1v) is 13.0. The highest BCUT2D eigenvalue weighted by molar-refractivity contribution is 7.90. The van der Waals surface area contributed by atoms with Crippen LogP contribution < -0.4 is 5.32 Å². The molecule has 3 aliphatic rings. The summed E-state index contributed by atoms with van der Waals surface area (Å²) in [5.41, 5.74) is 0.586. The largest absolute Gasteiger partial charge is 0.355 e. The number of hydrogen-bond donors (Lipinski definition) is 1. The molecular weight excluding hydrogens is 450 g/mol. The number of thiazole rings is 1. The van der Waals surface area contributed by atoms with Gasteiger partial charge in [-0.3, -0.25) is 9.59 Å². The number of likely N-dealkylation sites (tertiary alicyclic amines) is 2. The zero-order chi connectivity index (χ0) is 22.3. The van der Waals surface area contributed by atoms with Crippen LogP contribution in [-0.4, -0.2) is 66.5 Å². The number of fused-ring (bicyclic) bond motifs is 1. The monoisotopic (exact) mass is 473 g/mol. The van der Waals surface area contributed by atoms with Crippen molar-refractivity contribution in [1.82, 2.24) is 14.8 Å². The van der Waals surface area contributed by atoms with Gasteiger partial charge >= 0.3 is 0 Å². The van der Waals surface area contributed by atoms with Crippen molar-refractivity contribution in [2.75, 3.05) is 25.0 Å². The number of nitrogens with one attached hydrogen (secondary N) is 1. The van der Waals surface area contributed by atoms with Crippen LogP contribution in [0.15, 0.2) is 45.1 Å². The Morgan fingerprint density at radius 1 is 1.12 bits per heavy atom. The van der Waals surface area contributed by atoms with Crippen LogP contribution >= 0.6 is 11.3 Å². The lowest BCUT2D eigenvalue weighted by Crippen LogP contribution is -2.50. The third-order valence-corrected chi connectivity index (χ3v) is 8.20. The first-order valence-electron chi connectivity index (χ1n) is 10.6. The highest BCUT2D eigenvalue weighted by Crippen LogP contribution is 2.31. The van der Waals surface area contributed by atoms with Crippen LogP contribution in [0.25, 0.3) is 0 Å². The summed E-state index contributed by atoms with van der Waals surface area (Å²) in [6.45, 7) is 1.57. The lowest BCUT2D eigenvalue weighted by Gasteiger charge is -2.36. The van der Waals surface area contributed by atoms with Gasteiger partial charge in [0.15, 0.2) is 11.0 Å². The fraction of sp³-hybridized carbons (Fsp3) is 0.429. The van der Waals surface area contributed by atoms with Crippen molar-refractivity contribution in [3.05, 3.63) is 41.4 Å². The van der Waals surface area contributed by atoms with Crippen molar-refractivity contribution in [3.8, 4) is 0 Å². The summed E-state index contributed by atoms with van der Waals surface area (Å²) in [6.07, 6.45) is 4.47. The van der Waals surface area contributed by atoms with Gasteiger partial charge in [-0.2, -0.15) is 8.42 Å². The summed E-state index contributed by atoms with van der Waals surface area (Å²) in [4.78, 5) is 34.0. The fourth-order valence-corrected chi connectivity index (χ4v) is 6.46. The van der Waals surface area contributed by atoms with E-state index in [4.69, 9.17) is 0 Å². The quantitative estimate of drug-likeness (QED) is 0.729. The first kappa shape index (κ1) is 21.1. The minimum absolute atomic E-state index is 0.0544. The van der Waals surface area contributed by atoms with Gasteiger partial charge in [0.25, 0.3) is 10.0 Å². The Morgan fingerprint density at radius 3 is 2.75 bits per heavy atom. The maximum absolute atomic E-state index is 13.4. The molecule has 0 bridgehead atoms. The zero-order valence-electron chi connectivity index (χ0n) is 17.3. The van der Waals surface area contributed by atoms with Crippen LogP contribution in [0, 0.1) is 5.92 Å². The molecule has 2 amide bonds. The van der Waals surface area contributed by atoms with E-state index < -0.39 is 16.1 Å². The molecule has 1 aromatic carbocycles. The number of benzene rings is 1. The lowest BCUT2D eigenvalue weighted by atomic mass is 9.95. The van der Waals surface area contributed by atoms with Gasteiger partial charge in [0.1, 0.15) is 10.9 Å². The lowest BCUT2D eigenvalue weighted by molar-refractivity contribution is -0.141. The van der Waals surface area contributed by atoms with Crippen LogP contribution in [-0.2, 0) is 19.6 Å². The molecule has 0 radical (unpaired) electrons. The Bertz CT molecular complexity index is 1180. The number of sulfonamides is 1. The third kappa shape index (κ3) is 3.79. The van der Waals surface area contributed by atoms with E-state index in [2.05, 4.69) is 14.7 Å². The molecule has 4 heterocycles. The van der Waals surface area contributed by atoms with Gasteiger partial charge in [0.05, 0.1) is 5.92 Å². The zero-order valence-corrected chi connectivity index (χ0v) is 18.9. The molecule has 0 spiro atoms. The second kappa shape index (κ2) is 8.28. The number of amides is 2. The topological polar surface area (TPSA) is 112 Å². The van der Waals surface area contributed by atoms with Gasteiger partial charge in [-0.15, -0.1) is 15.7 Å². The summed E-state index contributed by atoms with van der Waals surface area (Å²) in [5.74, 6) is -0.160. The number of anilines is 1. The third-order valence-electron chi connectivity index (χ3n) is 6.18. The molecule has 2 fully saturated rings. The molecule has 2 atom stereocenters. The average molecular weight is 474 g/mol. The Morgan fingerprint density at radius 2 is 1.94 bits per heavy atom. The highest BCUT2D eigenvalue weighted by Gasteiger charge is 2.40. The predicted molar refractivity (Wildman–Crippen MR) is 120 cm³/mol. The number of carbonyl (C=O) groups excluding carboxylic acids is 2. The molecule has 3 aliphatic heterocycles. The number of aromatic nitrogens is 1. The van der Waals surface area contributed by atoms with E-state index in [1.807, 2.05) is 4.90 Å². The smallest absolute Gasteiger partial charge is 0.285 e. The highest BCUT2D eigenvalue weighted by atomic mass is 32.2. The number of rotatable bonds is 3. The van der Waals surface area contributed by atoms with Crippen LogP contribution in [0.2, 0.25) is 0 Å². The molecule has 0 saturated carbocycles. The summed E-state index contributed by atoms with van der Waals surface area (Å²) in [6, 6.07) is 6.28. The minimum atomic E-state index is -3.71. The van der Waals surface area contributed by atoms with E-state index in [-0.39, 0.29) is 22.6 Å². The Kier molecular flexibility index (Phi) is 5.46. The molecule has 32 heavy (non-hydrogen) atoms. The minimum Gasteiger partial charge on any atom is -0.355 e. The van der Waals surface area contributed by atoms with Gasteiger partial charge in [-0.1, -0.05) is 12.1 Å². The Hall–Kier alpha value is -2.79. The van der Waals surface area contributed by atoms with E-state index in [9.17, 15) is 18.0 Å². The van der Waals surface area contributed by atoms with Crippen molar-refractivity contribution in [2.45, 2.75) is 36.6 Å². The van der Waals surface area contributed by atoms with E-state index in [1.54, 1.807) is 40.7 Å². The average Bonchev–Trinajstić information content (AvgIpc) is 3.53. The van der Waals surface area contributed by atoms with Gasteiger partial charge in [0, 0.05) is 36.8 Å². The molecule has 11 heteroatoms. The Balaban J connectivity index is 1.31. The van der Waals surface area contributed by atoms with Crippen molar-refractivity contribution in [3.63, 3.8) is 0 Å². The fourth-order valence-electron chi connectivity index (χ4n) is 4.70. The van der Waals surface area contributed by atoms with E-state index >= 15 is 0 Å². The number of nitrogens with zero attached hydrogens (tertiary/aromatic N) is 4. The maximum atomic E-state index is 13.4. The van der Waals surface area contributed by atoms with Crippen LogP contribution in [0.1, 0.15) is 31.2 Å². The van der Waals surface area contributed by atoms with E-state index in [0.717, 1.165) is 12.8 Å². The van der Waals surface area contributed by atoms with Crippen LogP contribution in [0.5, 0.6) is 0 Å². The van der Waals surface area contributed by atoms with Crippen molar-refractivity contribution >= 4 is 44.1 Å². The molecule has 168 valence electrons. The number of piperidine rings is 1. The SMILES string of the molecule is O=C(Nc1nccs1)C1CCCN1C(=O)C1CCCN(C2=NS(=O)(=O)c3ccccc32)C1. The van der Waals surface area contributed by atoms with Gasteiger partial charge in [-0.05, 0) is 37.8 Å². The summed E-state index contributed by atoms with van der Waals surface area (Å²) in [7, 11) is -3.71. The number of amidine groups is 1. The summed E-state index contributed by atoms with van der Waals surface area (Å²) >= 11 is 1.34. The van der Waals surface area contributed by atoms with Crippen molar-refractivity contribution in [1.29, 1.82) is 0 Å². The second-order valence-electron chi connectivity index (χ2n) is 8.19. The maximum Gasteiger partial charge on any atom is 0.285 e. The molecule has 2 unspecified atom stereocenters. The predicted octanol–water partition coefficient (Wildman–Crippen LogP) is 1.93. The van der Waals surface area contributed by atoms with Crippen molar-refractivity contribution in [2.24, 2.45) is 10.3 Å². The van der Waals surface area contributed by atoms with E-state index in [0.29, 0.717) is 49.0 Å². The second-order valence-corrected chi connectivity index (χ2v) is 10.7. The molecular formula is C21H23N5O4S2. The first-order chi connectivity index (χ1) is 15.4. The molecule has 9 nitrogen and oxygen atoms in total. The van der Waals surface area contributed by atoms with E-state index in [1.165, 1.54) is 11.3 Å². The van der Waals surface area contributed by atoms with Crippen LogP contribution in [0.4, 0.5) is 5.13 Å². The van der Waals surface area contributed by atoms with Gasteiger partial charge in [0.2, 0.25) is 11.8 Å². The van der Waals surface area contributed by atoms with Crippen LogP contribution in [0.3, 0.4) is 0 Å². The molecule has 2 aromatic rings. The number of carbonyl (C=O) groups is 2. The van der Waals surface area contributed by atoms with Gasteiger partial charge < -0.3 is 15.1 Å². The summed E-state index contributed by atoms with van der Waals surface area (Å²) in [5, 5.41) is 5.11. The Labute approximate surface area is 190 Å². The normalized spacial score (nSPS) is 24.2. The standard InChI is InChI=1S/C21H23N5O4S2/c27-19(23-21-22-9-12-31-21)16-7-4-11-26(16)20(28)14-5-3-10-25(13-14)18-15-6-1-2-8-17(15)32(29,30)24-18/h1-2,6,8-9,12,14,16H,3-5,7,10-11,13H2,(H,22,23,27). The molecule has 1 aromatic heterocycles. The molecule has 5 rings (SSSR count). The summed E-state index contributed by atoms with van der Waals surface area (Å²) < 4.78 is 28.9. The van der Waals surface area contributed by atoms with Crippen molar-refractivity contribution < 1.29 is 18.0 Å². The molecule has 2 saturated heterocycles. The van der Waals surface area contributed by atoms with Gasteiger partial charge in [-0.25, -0.2) is 4.98 Å². The molecule has 0 aliphatic carbocycles. The molecule has 1 N–H and O–H groups in total. The number of hydrogen-bond acceptors (Lipinski definition) is 7.